The molecule has 2 heterocycles. The predicted molar refractivity (Wildman–Crippen MR) is 97.9 cm³/mol. The quantitative estimate of drug-likeness (QED) is 0.797. The van der Waals surface area contributed by atoms with Gasteiger partial charge in [0.25, 0.3) is 0 Å². The summed E-state index contributed by atoms with van der Waals surface area (Å²) < 4.78 is 38.9. The fraction of sp³-hybridized carbons (Fsp3) is 0.412. The van der Waals surface area contributed by atoms with Gasteiger partial charge in [-0.3, -0.25) is 0 Å². The second-order valence-electron chi connectivity index (χ2n) is 6.02. The first-order valence-corrected chi connectivity index (χ1v) is 10.3. The smallest absolute Gasteiger partial charge is 0.250 e. The van der Waals surface area contributed by atoms with Crippen LogP contribution in [0.4, 0.5) is 0 Å². The van der Waals surface area contributed by atoms with E-state index in [4.69, 9.17) is 9.47 Å². The SMILES string of the molecule is CCc1ccc(S(=O)(=O)NCC(c2ccc3c(c2)OCO3)N(C)C)s1. The van der Waals surface area contributed by atoms with Gasteiger partial charge in [-0.2, -0.15) is 0 Å². The molecule has 2 aromatic rings. The first-order valence-electron chi connectivity index (χ1n) is 8.05. The molecule has 8 heteroatoms. The van der Waals surface area contributed by atoms with Gasteiger partial charge < -0.3 is 14.4 Å². The molecule has 0 aliphatic carbocycles. The third-order valence-corrected chi connectivity index (χ3v) is 7.27. The standard InChI is InChI=1S/C17H22N2O4S2/c1-4-13-6-8-17(24-13)25(20,21)18-10-14(19(2)3)12-5-7-15-16(9-12)23-11-22-15/h5-9,14,18H,4,10-11H2,1-3H3. The molecule has 0 saturated carbocycles. The Hall–Kier alpha value is -1.61. The van der Waals surface area contributed by atoms with Gasteiger partial charge in [-0.25, -0.2) is 13.1 Å². The summed E-state index contributed by atoms with van der Waals surface area (Å²) in [5, 5.41) is 0. The molecule has 1 aromatic heterocycles. The van der Waals surface area contributed by atoms with Crippen molar-refractivity contribution in [1.82, 2.24) is 9.62 Å². The van der Waals surface area contributed by atoms with Gasteiger partial charge in [-0.1, -0.05) is 13.0 Å². The van der Waals surface area contributed by atoms with Crippen LogP contribution in [-0.2, 0) is 16.4 Å². The first kappa shape index (κ1) is 18.2. The third kappa shape index (κ3) is 3.98. The van der Waals surface area contributed by atoms with Crippen molar-refractivity contribution in [1.29, 1.82) is 0 Å². The molecule has 1 atom stereocenters. The highest BCUT2D eigenvalue weighted by atomic mass is 32.2. The van der Waals surface area contributed by atoms with Gasteiger partial charge in [0.1, 0.15) is 4.21 Å². The average molecular weight is 383 g/mol. The Bertz CT molecular complexity index is 846. The van der Waals surface area contributed by atoms with E-state index in [1.165, 1.54) is 11.3 Å². The van der Waals surface area contributed by atoms with Crippen LogP contribution in [0.25, 0.3) is 0 Å². The number of ether oxygens (including phenoxy) is 2. The molecule has 6 nitrogen and oxygen atoms in total. The van der Waals surface area contributed by atoms with Crippen LogP contribution in [0.15, 0.2) is 34.5 Å². The zero-order valence-electron chi connectivity index (χ0n) is 14.5. The van der Waals surface area contributed by atoms with Crippen molar-refractivity contribution in [3.05, 3.63) is 40.8 Å². The molecule has 1 aliphatic heterocycles. The molecule has 0 fully saturated rings. The molecule has 0 spiro atoms. The number of fused-ring (bicyclic) bond motifs is 1. The van der Waals surface area contributed by atoms with Crippen molar-refractivity contribution >= 4 is 21.4 Å². The number of rotatable bonds is 7. The van der Waals surface area contributed by atoms with E-state index in [2.05, 4.69) is 4.72 Å². The van der Waals surface area contributed by atoms with Crippen molar-refractivity contribution in [3.8, 4) is 11.5 Å². The summed E-state index contributed by atoms with van der Waals surface area (Å²) in [4.78, 5) is 3.03. The van der Waals surface area contributed by atoms with Gasteiger partial charge in [-0.05, 0) is 50.3 Å². The molecule has 1 N–H and O–H groups in total. The molecule has 0 bridgehead atoms. The Morgan fingerprint density at radius 1 is 1.20 bits per heavy atom. The third-order valence-electron chi connectivity index (χ3n) is 4.12. The second-order valence-corrected chi connectivity index (χ2v) is 9.18. The molecule has 3 rings (SSSR count). The van der Waals surface area contributed by atoms with E-state index in [1.54, 1.807) is 6.07 Å². The molecule has 0 saturated heterocycles. The fourth-order valence-electron chi connectivity index (χ4n) is 2.67. The van der Waals surface area contributed by atoms with Gasteiger partial charge in [-0.15, -0.1) is 11.3 Å². The molecular formula is C17H22N2O4S2. The number of nitrogens with one attached hydrogen (secondary N) is 1. The first-order chi connectivity index (χ1) is 11.9. The van der Waals surface area contributed by atoms with E-state index < -0.39 is 10.0 Å². The lowest BCUT2D eigenvalue weighted by Gasteiger charge is -2.25. The van der Waals surface area contributed by atoms with Crippen LogP contribution in [0.5, 0.6) is 11.5 Å². The maximum Gasteiger partial charge on any atom is 0.250 e. The summed E-state index contributed by atoms with van der Waals surface area (Å²) >= 11 is 1.31. The monoisotopic (exact) mass is 382 g/mol. The maximum atomic E-state index is 12.5. The zero-order chi connectivity index (χ0) is 18.0. The van der Waals surface area contributed by atoms with Crippen LogP contribution < -0.4 is 14.2 Å². The number of benzene rings is 1. The summed E-state index contributed by atoms with van der Waals surface area (Å²) in [5.41, 5.74) is 0.970. The summed E-state index contributed by atoms with van der Waals surface area (Å²) in [7, 11) is 0.329. The Morgan fingerprint density at radius 2 is 1.96 bits per heavy atom. The fourth-order valence-corrected chi connectivity index (χ4v) is 5.05. The Morgan fingerprint density at radius 3 is 2.64 bits per heavy atom. The molecular weight excluding hydrogens is 360 g/mol. The van der Waals surface area contributed by atoms with Crippen LogP contribution in [-0.4, -0.2) is 40.8 Å². The van der Waals surface area contributed by atoms with Crippen LogP contribution >= 0.6 is 11.3 Å². The van der Waals surface area contributed by atoms with Crippen molar-refractivity contribution in [2.24, 2.45) is 0 Å². The van der Waals surface area contributed by atoms with Gasteiger partial charge >= 0.3 is 0 Å². The van der Waals surface area contributed by atoms with Crippen LogP contribution in [0.1, 0.15) is 23.4 Å². The van der Waals surface area contributed by atoms with E-state index in [-0.39, 0.29) is 19.4 Å². The van der Waals surface area contributed by atoms with Crippen molar-refractivity contribution < 1.29 is 17.9 Å². The number of thiophene rings is 1. The zero-order valence-corrected chi connectivity index (χ0v) is 16.1. The summed E-state index contributed by atoms with van der Waals surface area (Å²) in [6.45, 7) is 2.50. The minimum Gasteiger partial charge on any atom is -0.454 e. The van der Waals surface area contributed by atoms with E-state index in [9.17, 15) is 8.42 Å². The summed E-state index contributed by atoms with van der Waals surface area (Å²) in [6, 6.07) is 9.11. The summed E-state index contributed by atoms with van der Waals surface area (Å²) in [6.07, 6.45) is 0.831. The average Bonchev–Trinajstić information content (AvgIpc) is 3.23. The van der Waals surface area contributed by atoms with E-state index >= 15 is 0 Å². The van der Waals surface area contributed by atoms with Crippen LogP contribution in [0.3, 0.4) is 0 Å². The maximum absolute atomic E-state index is 12.5. The molecule has 1 aliphatic rings. The Labute approximate surface area is 152 Å². The van der Waals surface area contributed by atoms with Gasteiger partial charge in [0.05, 0.1) is 0 Å². The molecule has 1 unspecified atom stereocenters. The highest BCUT2D eigenvalue weighted by Crippen LogP contribution is 2.35. The lowest BCUT2D eigenvalue weighted by atomic mass is 10.1. The van der Waals surface area contributed by atoms with E-state index in [0.29, 0.717) is 15.7 Å². The van der Waals surface area contributed by atoms with Crippen molar-refractivity contribution in [3.63, 3.8) is 0 Å². The van der Waals surface area contributed by atoms with Crippen LogP contribution in [0.2, 0.25) is 0 Å². The van der Waals surface area contributed by atoms with Crippen LogP contribution in [0, 0.1) is 0 Å². The molecule has 1 aromatic carbocycles. The molecule has 136 valence electrons. The lowest BCUT2D eigenvalue weighted by molar-refractivity contribution is 0.174. The van der Waals surface area contributed by atoms with Gasteiger partial charge in [0.15, 0.2) is 11.5 Å². The van der Waals surface area contributed by atoms with Crippen molar-refractivity contribution in [2.75, 3.05) is 27.4 Å². The van der Waals surface area contributed by atoms with Gasteiger partial charge in [0, 0.05) is 17.5 Å². The Kier molecular flexibility index (Phi) is 5.33. The number of hydrogen-bond acceptors (Lipinski definition) is 6. The summed E-state index contributed by atoms with van der Waals surface area (Å²) in [5.74, 6) is 1.41. The number of sulfonamides is 1. The van der Waals surface area contributed by atoms with Gasteiger partial charge in [0.2, 0.25) is 16.8 Å². The molecule has 0 radical (unpaired) electrons. The minimum absolute atomic E-state index is 0.116. The molecule has 0 amide bonds. The largest absolute Gasteiger partial charge is 0.454 e. The topological polar surface area (TPSA) is 67.9 Å². The normalized spacial score (nSPS) is 14.9. The van der Waals surface area contributed by atoms with E-state index in [1.807, 2.05) is 50.2 Å². The second kappa shape index (κ2) is 7.33. The minimum atomic E-state index is -3.51. The molecule has 25 heavy (non-hydrogen) atoms. The lowest BCUT2D eigenvalue weighted by Crippen LogP contribution is -2.34. The predicted octanol–water partition coefficient (Wildman–Crippen LogP) is 2.62. The highest BCUT2D eigenvalue weighted by Gasteiger charge is 2.23. The Balaban J connectivity index is 1.76. The number of aryl methyl sites for hydroxylation is 1. The number of hydrogen-bond donors (Lipinski definition) is 1. The van der Waals surface area contributed by atoms with Crippen molar-refractivity contribution in [2.45, 2.75) is 23.6 Å². The van der Waals surface area contributed by atoms with E-state index in [0.717, 1.165) is 16.9 Å². The highest BCUT2D eigenvalue weighted by molar-refractivity contribution is 7.91. The number of nitrogens with zero attached hydrogens (tertiary/aromatic N) is 1. The number of likely N-dealkylation sites (N-methyl/N-ethyl adjacent to an activating group) is 1.